The van der Waals surface area contributed by atoms with Gasteiger partial charge in [0.15, 0.2) is 0 Å². The van der Waals surface area contributed by atoms with Crippen LogP contribution in [0.5, 0.6) is 5.75 Å². The number of carbonyl (C=O) groups is 1. The number of rotatable bonds is 6. The lowest BCUT2D eigenvalue weighted by Gasteiger charge is -2.11. The van der Waals surface area contributed by atoms with E-state index in [-0.39, 0.29) is 18.0 Å². The highest BCUT2D eigenvalue weighted by Crippen LogP contribution is 2.27. The molecule has 0 aliphatic carbocycles. The first kappa shape index (κ1) is 22.3. The van der Waals surface area contributed by atoms with Gasteiger partial charge in [0.1, 0.15) is 29.8 Å². The molecule has 0 saturated carbocycles. The van der Waals surface area contributed by atoms with Crippen LogP contribution >= 0.6 is 15.9 Å². The van der Waals surface area contributed by atoms with Crippen molar-refractivity contribution in [1.82, 2.24) is 0 Å². The first-order valence-corrected chi connectivity index (χ1v) is 10.3. The number of aryl methyl sites for hydroxylation is 2. The molecular weight excluding hydrogens is 459 g/mol. The minimum absolute atomic E-state index is 0.0528. The lowest BCUT2D eigenvalue weighted by Crippen LogP contribution is -2.13. The number of carbonyl (C=O) groups excluding carboxylic acids is 1. The Balaban J connectivity index is 1.82. The molecule has 4 nitrogen and oxygen atoms in total. The lowest BCUT2D eigenvalue weighted by atomic mass is 10.1. The average molecular weight is 479 g/mol. The number of amides is 1. The standard InChI is InChI=1S/C25H20BrFN2O2/c1-16-3-9-23(11-17(16)2)29-25(30)20(14-28)12-19-13-21(26)6-10-24(19)31-15-18-4-7-22(27)8-5-18/h3-13H,15H2,1-2H3,(H,29,30)/b20-12+. The van der Waals surface area contributed by atoms with Crippen molar-refractivity contribution in [3.8, 4) is 11.8 Å². The summed E-state index contributed by atoms with van der Waals surface area (Å²) in [6.07, 6.45) is 1.49. The minimum Gasteiger partial charge on any atom is -0.488 e. The van der Waals surface area contributed by atoms with Crippen molar-refractivity contribution in [2.75, 3.05) is 5.32 Å². The van der Waals surface area contributed by atoms with E-state index in [0.717, 1.165) is 21.2 Å². The van der Waals surface area contributed by atoms with Crippen LogP contribution in [0.2, 0.25) is 0 Å². The van der Waals surface area contributed by atoms with Crippen LogP contribution in [0, 0.1) is 31.0 Å². The van der Waals surface area contributed by atoms with E-state index in [9.17, 15) is 14.4 Å². The van der Waals surface area contributed by atoms with Crippen molar-refractivity contribution in [1.29, 1.82) is 5.26 Å². The molecule has 1 amide bonds. The van der Waals surface area contributed by atoms with Crippen LogP contribution in [0.15, 0.2) is 70.7 Å². The Labute approximate surface area is 189 Å². The summed E-state index contributed by atoms with van der Waals surface area (Å²) in [5.41, 5.74) is 4.10. The number of anilines is 1. The Hall–Kier alpha value is -3.43. The van der Waals surface area contributed by atoms with Crippen LogP contribution < -0.4 is 10.1 Å². The van der Waals surface area contributed by atoms with Gasteiger partial charge in [-0.15, -0.1) is 0 Å². The Morgan fingerprint density at radius 1 is 1.10 bits per heavy atom. The van der Waals surface area contributed by atoms with E-state index in [1.807, 2.05) is 32.0 Å². The molecule has 3 aromatic rings. The number of hydrogen-bond acceptors (Lipinski definition) is 3. The second-order valence-electron chi connectivity index (χ2n) is 7.02. The van der Waals surface area contributed by atoms with Crippen LogP contribution in [0.4, 0.5) is 10.1 Å². The SMILES string of the molecule is Cc1ccc(NC(=O)/C(C#N)=C/c2cc(Br)ccc2OCc2ccc(F)cc2)cc1C. The second-order valence-corrected chi connectivity index (χ2v) is 7.94. The Bertz CT molecular complexity index is 1180. The van der Waals surface area contributed by atoms with Gasteiger partial charge in [0.25, 0.3) is 5.91 Å². The molecule has 31 heavy (non-hydrogen) atoms. The fourth-order valence-corrected chi connectivity index (χ4v) is 3.21. The quantitative estimate of drug-likeness (QED) is 0.332. The van der Waals surface area contributed by atoms with Gasteiger partial charge in [-0.2, -0.15) is 5.26 Å². The molecular formula is C25H20BrFN2O2. The molecule has 0 fully saturated rings. The van der Waals surface area contributed by atoms with Crippen LogP contribution in [0.1, 0.15) is 22.3 Å². The first-order chi connectivity index (χ1) is 14.9. The van der Waals surface area contributed by atoms with Gasteiger partial charge in [-0.25, -0.2) is 4.39 Å². The van der Waals surface area contributed by atoms with Gasteiger partial charge in [-0.3, -0.25) is 4.79 Å². The number of benzene rings is 3. The topological polar surface area (TPSA) is 62.1 Å². The smallest absolute Gasteiger partial charge is 0.266 e. The van der Waals surface area contributed by atoms with Crippen LogP contribution in [-0.4, -0.2) is 5.91 Å². The molecule has 3 aromatic carbocycles. The highest BCUT2D eigenvalue weighted by molar-refractivity contribution is 9.10. The molecule has 0 saturated heterocycles. The lowest BCUT2D eigenvalue weighted by molar-refractivity contribution is -0.112. The molecule has 0 unspecified atom stereocenters. The van der Waals surface area contributed by atoms with E-state index in [4.69, 9.17) is 4.74 Å². The van der Waals surface area contributed by atoms with E-state index in [1.54, 1.807) is 36.4 Å². The number of hydrogen-bond donors (Lipinski definition) is 1. The zero-order valence-corrected chi connectivity index (χ0v) is 18.7. The molecule has 156 valence electrons. The third kappa shape index (κ3) is 6.03. The Morgan fingerprint density at radius 2 is 1.84 bits per heavy atom. The van der Waals surface area contributed by atoms with Crippen molar-refractivity contribution >= 4 is 33.6 Å². The molecule has 0 radical (unpaired) electrons. The van der Waals surface area contributed by atoms with Crippen molar-refractivity contribution in [3.63, 3.8) is 0 Å². The van der Waals surface area contributed by atoms with Crippen molar-refractivity contribution in [3.05, 3.63) is 98.8 Å². The van der Waals surface area contributed by atoms with Gasteiger partial charge >= 0.3 is 0 Å². The predicted molar refractivity (Wildman–Crippen MR) is 123 cm³/mol. The summed E-state index contributed by atoms with van der Waals surface area (Å²) in [7, 11) is 0. The maximum atomic E-state index is 13.1. The molecule has 0 atom stereocenters. The third-order valence-corrected chi connectivity index (χ3v) is 5.20. The fourth-order valence-electron chi connectivity index (χ4n) is 2.83. The van der Waals surface area contributed by atoms with Crippen LogP contribution in [0.3, 0.4) is 0 Å². The number of nitriles is 1. The zero-order valence-electron chi connectivity index (χ0n) is 17.1. The van der Waals surface area contributed by atoms with Crippen LogP contribution in [-0.2, 0) is 11.4 Å². The molecule has 0 aromatic heterocycles. The van der Waals surface area contributed by atoms with Crippen molar-refractivity contribution in [2.45, 2.75) is 20.5 Å². The highest BCUT2D eigenvalue weighted by Gasteiger charge is 2.12. The monoisotopic (exact) mass is 478 g/mol. The summed E-state index contributed by atoms with van der Waals surface area (Å²) in [6.45, 7) is 4.17. The maximum Gasteiger partial charge on any atom is 0.266 e. The molecule has 1 N–H and O–H groups in total. The molecule has 0 aliphatic heterocycles. The van der Waals surface area contributed by atoms with Gasteiger partial charge in [-0.05, 0) is 79.1 Å². The number of nitrogens with one attached hydrogen (secondary N) is 1. The molecule has 6 heteroatoms. The van der Waals surface area contributed by atoms with E-state index >= 15 is 0 Å². The largest absolute Gasteiger partial charge is 0.488 e. The van der Waals surface area contributed by atoms with E-state index in [0.29, 0.717) is 17.0 Å². The van der Waals surface area contributed by atoms with Crippen molar-refractivity contribution in [2.24, 2.45) is 0 Å². The minimum atomic E-state index is -0.504. The molecule has 0 bridgehead atoms. The molecule has 0 heterocycles. The summed E-state index contributed by atoms with van der Waals surface area (Å²) in [6, 6.07) is 18.9. The zero-order chi connectivity index (χ0) is 22.4. The maximum absolute atomic E-state index is 13.1. The van der Waals surface area contributed by atoms with E-state index < -0.39 is 5.91 Å². The van der Waals surface area contributed by atoms with Gasteiger partial charge in [-0.1, -0.05) is 34.1 Å². The number of ether oxygens (including phenoxy) is 1. The van der Waals surface area contributed by atoms with Crippen molar-refractivity contribution < 1.29 is 13.9 Å². The summed E-state index contributed by atoms with van der Waals surface area (Å²) in [5.74, 6) is -0.320. The highest BCUT2D eigenvalue weighted by atomic mass is 79.9. The second kappa shape index (κ2) is 10.1. The number of nitrogens with zero attached hydrogens (tertiary/aromatic N) is 1. The van der Waals surface area contributed by atoms with Gasteiger partial charge in [0.2, 0.25) is 0 Å². The normalized spacial score (nSPS) is 11.0. The molecule has 0 spiro atoms. The summed E-state index contributed by atoms with van der Waals surface area (Å²) in [4.78, 5) is 12.7. The van der Waals surface area contributed by atoms with E-state index in [2.05, 4.69) is 21.2 Å². The average Bonchev–Trinajstić information content (AvgIpc) is 2.75. The van der Waals surface area contributed by atoms with Gasteiger partial charge in [0.05, 0.1) is 0 Å². The summed E-state index contributed by atoms with van der Waals surface area (Å²) in [5, 5.41) is 12.3. The first-order valence-electron chi connectivity index (χ1n) is 9.53. The van der Waals surface area contributed by atoms with Gasteiger partial charge < -0.3 is 10.1 Å². The van der Waals surface area contributed by atoms with Gasteiger partial charge in [0, 0.05) is 15.7 Å². The summed E-state index contributed by atoms with van der Waals surface area (Å²) < 4.78 is 19.7. The number of halogens is 2. The van der Waals surface area contributed by atoms with E-state index in [1.165, 1.54) is 18.2 Å². The third-order valence-electron chi connectivity index (χ3n) is 4.71. The van der Waals surface area contributed by atoms with Crippen LogP contribution in [0.25, 0.3) is 6.08 Å². The molecule has 0 aliphatic rings. The Morgan fingerprint density at radius 3 is 2.52 bits per heavy atom. The fraction of sp³-hybridized carbons (Fsp3) is 0.120. The molecule has 3 rings (SSSR count). The Kier molecular flexibility index (Phi) is 7.22. The predicted octanol–water partition coefficient (Wildman–Crippen LogP) is 6.33. The summed E-state index contributed by atoms with van der Waals surface area (Å²) >= 11 is 3.41.